The van der Waals surface area contributed by atoms with Crippen molar-refractivity contribution in [3.05, 3.63) is 142 Å². The molecule has 0 aliphatic rings. The Morgan fingerprint density at radius 2 is 0.894 bits per heavy atom. The van der Waals surface area contributed by atoms with E-state index in [-0.39, 0.29) is 0 Å². The van der Waals surface area contributed by atoms with Crippen LogP contribution in [-0.4, -0.2) is 34.2 Å². The number of esters is 2. The summed E-state index contributed by atoms with van der Waals surface area (Å²) in [5, 5.41) is 0. The van der Waals surface area contributed by atoms with Crippen LogP contribution in [0.25, 0.3) is 0 Å². The van der Waals surface area contributed by atoms with Crippen LogP contribution in [0.2, 0.25) is 16.6 Å². The van der Waals surface area contributed by atoms with Crippen molar-refractivity contribution in [2.24, 2.45) is 0 Å². The van der Waals surface area contributed by atoms with E-state index in [9.17, 15) is 9.59 Å². The van der Waals surface area contributed by atoms with Crippen LogP contribution in [-0.2, 0) is 14.9 Å². The summed E-state index contributed by atoms with van der Waals surface area (Å²) in [6, 6.07) is 31.3. The molecule has 0 radical (unpaired) electrons. The number of methoxy groups -OCH3 is 2. The first-order valence-corrected chi connectivity index (χ1v) is 18.3. The van der Waals surface area contributed by atoms with Crippen molar-refractivity contribution in [3.63, 3.8) is 0 Å². The molecule has 4 aromatic carbocycles. The first-order valence-electron chi connectivity index (χ1n) is 16.0. The lowest BCUT2D eigenvalue weighted by Gasteiger charge is -2.38. The minimum atomic E-state index is -1.92. The maximum Gasteiger partial charge on any atom is 0.337 e. The van der Waals surface area contributed by atoms with Crippen LogP contribution in [0.4, 0.5) is 0 Å². The van der Waals surface area contributed by atoms with Gasteiger partial charge in [-0.3, -0.25) is 0 Å². The fourth-order valence-corrected chi connectivity index (χ4v) is 12.4. The molecule has 0 fully saturated rings. The van der Waals surface area contributed by atoms with E-state index in [1.165, 1.54) is 14.2 Å². The molecule has 0 amide bonds. The van der Waals surface area contributed by atoms with E-state index in [4.69, 9.17) is 15.9 Å². The van der Waals surface area contributed by atoms with E-state index in [0.717, 1.165) is 33.4 Å². The highest BCUT2D eigenvalue weighted by molar-refractivity contribution is 6.90. The number of hydrogen-bond donors (Lipinski definition) is 0. The Hall–Kier alpha value is -4.84. The second-order valence-corrected chi connectivity index (χ2v) is 18.4. The monoisotopic (exact) mass is 640 g/mol. The van der Waals surface area contributed by atoms with Crippen LogP contribution in [0.3, 0.4) is 0 Å². The second kappa shape index (κ2) is 14.7. The molecule has 5 heteroatoms. The van der Waals surface area contributed by atoms with Gasteiger partial charge in [0.05, 0.1) is 30.8 Å². The predicted molar refractivity (Wildman–Crippen MR) is 193 cm³/mol. The molecule has 0 unspecified atom stereocenters. The molecule has 0 N–H and O–H groups in total. The highest BCUT2D eigenvalue weighted by Gasteiger charge is 2.42. The third-order valence-corrected chi connectivity index (χ3v) is 15.9. The largest absolute Gasteiger partial charge is 0.465 e. The number of ether oxygens (including phenoxy) is 2. The molecule has 240 valence electrons. The lowest BCUT2D eigenvalue weighted by Crippen LogP contribution is -2.43. The van der Waals surface area contributed by atoms with Gasteiger partial charge in [0.15, 0.2) is 0 Å². The van der Waals surface area contributed by atoms with Gasteiger partial charge >= 0.3 is 11.9 Å². The highest BCUT2D eigenvalue weighted by Crippen LogP contribution is 2.46. The van der Waals surface area contributed by atoms with Crippen molar-refractivity contribution in [1.82, 2.24) is 0 Å². The van der Waals surface area contributed by atoms with Crippen molar-refractivity contribution in [3.8, 4) is 23.8 Å². The average Bonchev–Trinajstić information content (AvgIpc) is 3.09. The molecule has 0 aliphatic carbocycles. The van der Waals surface area contributed by atoms with E-state index in [1.807, 2.05) is 48.5 Å². The highest BCUT2D eigenvalue weighted by atomic mass is 28.3. The van der Waals surface area contributed by atoms with Crippen molar-refractivity contribution in [1.29, 1.82) is 0 Å². The quantitative estimate of drug-likeness (QED) is 0.0792. The summed E-state index contributed by atoms with van der Waals surface area (Å²) >= 11 is 0. The number of carbonyl (C=O) groups excluding carboxylic acids is 2. The summed E-state index contributed by atoms with van der Waals surface area (Å²) in [4.78, 5) is 24.8. The van der Waals surface area contributed by atoms with Gasteiger partial charge < -0.3 is 9.47 Å². The molecule has 0 bridgehead atoms. The molecule has 47 heavy (non-hydrogen) atoms. The van der Waals surface area contributed by atoms with E-state index in [0.29, 0.717) is 27.8 Å². The van der Waals surface area contributed by atoms with Gasteiger partial charge in [0, 0.05) is 11.1 Å². The molecule has 0 aromatic heterocycles. The standard InChI is InChI=1S/C42H44O4Si/c1-10-32-11-19-36(20-12-32)42(38-23-15-34(16-24-38)40(43)45-8,39-25-17-35(18-26-39)41(44)46-9)37-21-13-33(14-22-37)27-28-47(29(2)3,30(4)5)31(6)7/h1,11-26,29-31H,2-9H3. The zero-order chi connectivity index (χ0) is 34.4. The number of rotatable bonds is 9. The minimum Gasteiger partial charge on any atom is -0.465 e. The van der Waals surface area contributed by atoms with E-state index in [1.54, 1.807) is 24.3 Å². The SMILES string of the molecule is C#Cc1ccc(C(c2ccc(C#C[Si](C(C)C)(C(C)C)C(C)C)cc2)(c2ccc(C(=O)OC)cc2)c2ccc(C(=O)OC)cc2)cc1. The summed E-state index contributed by atoms with van der Waals surface area (Å²) < 4.78 is 9.96. The minimum absolute atomic E-state index is 0.408. The molecular formula is C42H44O4Si. The fourth-order valence-electron chi connectivity index (χ4n) is 7.18. The van der Waals surface area contributed by atoms with Crippen molar-refractivity contribution in [2.45, 2.75) is 63.6 Å². The van der Waals surface area contributed by atoms with Gasteiger partial charge in [0.25, 0.3) is 0 Å². The van der Waals surface area contributed by atoms with Crippen molar-refractivity contribution in [2.75, 3.05) is 14.2 Å². The summed E-state index contributed by atoms with van der Waals surface area (Å²) in [6.07, 6.45) is 5.74. The lowest BCUT2D eigenvalue weighted by molar-refractivity contribution is 0.0592. The zero-order valence-electron chi connectivity index (χ0n) is 28.7. The maximum atomic E-state index is 12.4. The zero-order valence-corrected chi connectivity index (χ0v) is 29.7. The molecule has 0 heterocycles. The molecule has 0 spiro atoms. The lowest BCUT2D eigenvalue weighted by atomic mass is 9.65. The molecule has 0 saturated carbocycles. The first-order chi connectivity index (χ1) is 22.4. The summed E-state index contributed by atoms with van der Waals surface area (Å²) in [6.45, 7) is 13.9. The Morgan fingerprint density at radius 3 is 1.19 bits per heavy atom. The third kappa shape index (κ3) is 6.69. The molecule has 0 aliphatic heterocycles. The van der Waals surface area contributed by atoms with Gasteiger partial charge in [0.2, 0.25) is 0 Å². The molecule has 4 rings (SSSR count). The Labute approximate surface area is 281 Å². The molecule has 4 nitrogen and oxygen atoms in total. The summed E-state index contributed by atoms with van der Waals surface area (Å²) in [5.74, 6) is 5.49. The van der Waals surface area contributed by atoms with Gasteiger partial charge in [-0.2, -0.15) is 0 Å². The first kappa shape index (κ1) is 35.0. The number of carbonyl (C=O) groups is 2. The van der Waals surface area contributed by atoms with Crippen LogP contribution in [0, 0.1) is 23.8 Å². The second-order valence-electron chi connectivity index (χ2n) is 12.8. The van der Waals surface area contributed by atoms with Gasteiger partial charge in [-0.15, -0.1) is 12.0 Å². The normalized spacial score (nSPS) is 11.5. The van der Waals surface area contributed by atoms with Crippen LogP contribution in [0.5, 0.6) is 0 Å². The van der Waals surface area contributed by atoms with Crippen molar-refractivity contribution < 1.29 is 19.1 Å². The predicted octanol–water partition coefficient (Wildman–Crippen LogP) is 9.19. The van der Waals surface area contributed by atoms with Crippen LogP contribution >= 0.6 is 0 Å². The molecule has 4 aromatic rings. The van der Waals surface area contributed by atoms with Crippen molar-refractivity contribution >= 4 is 20.0 Å². The number of terminal acetylenes is 1. The molecule has 0 saturated heterocycles. The summed E-state index contributed by atoms with van der Waals surface area (Å²) in [5.41, 5.74) is 11.1. The fraction of sp³-hybridized carbons (Fsp3) is 0.286. The Bertz CT molecular complexity index is 1710. The number of benzene rings is 4. The van der Waals surface area contributed by atoms with Gasteiger partial charge in [0.1, 0.15) is 8.07 Å². The Morgan fingerprint density at radius 1 is 0.574 bits per heavy atom. The van der Waals surface area contributed by atoms with Crippen LogP contribution < -0.4 is 0 Å². The van der Waals surface area contributed by atoms with E-state index < -0.39 is 25.4 Å². The van der Waals surface area contributed by atoms with E-state index in [2.05, 4.69) is 83.2 Å². The topological polar surface area (TPSA) is 52.6 Å². The summed E-state index contributed by atoms with van der Waals surface area (Å²) in [7, 11) is 0.828. The number of hydrogen-bond acceptors (Lipinski definition) is 4. The third-order valence-electron chi connectivity index (χ3n) is 9.57. The van der Waals surface area contributed by atoms with Crippen LogP contribution in [0.15, 0.2) is 97.1 Å². The van der Waals surface area contributed by atoms with E-state index >= 15 is 0 Å². The van der Waals surface area contributed by atoms with Crippen LogP contribution in [0.1, 0.15) is 95.6 Å². The average molecular weight is 641 g/mol. The molecule has 0 atom stereocenters. The Balaban J connectivity index is 2.01. The Kier molecular flexibility index (Phi) is 11.0. The van der Waals surface area contributed by atoms with Gasteiger partial charge in [-0.25, -0.2) is 9.59 Å². The molecular weight excluding hydrogens is 597 g/mol. The van der Waals surface area contributed by atoms with Gasteiger partial charge in [-0.1, -0.05) is 102 Å². The smallest absolute Gasteiger partial charge is 0.337 e. The van der Waals surface area contributed by atoms with Gasteiger partial charge in [-0.05, 0) is 87.4 Å². The maximum absolute atomic E-state index is 12.4.